The van der Waals surface area contributed by atoms with E-state index in [1.807, 2.05) is 0 Å². The lowest BCUT2D eigenvalue weighted by atomic mass is 10.2. The lowest BCUT2D eigenvalue weighted by Gasteiger charge is -2.05. The van der Waals surface area contributed by atoms with E-state index in [1.165, 1.54) is 12.1 Å². The molecule has 1 rings (SSSR count). The largest absolute Gasteiger partial charge is 0.347 e. The molecular formula is C10H8Cl2FNO. The fourth-order valence-electron chi connectivity index (χ4n) is 0.943. The van der Waals surface area contributed by atoms with Gasteiger partial charge in [-0.2, -0.15) is 0 Å². The van der Waals surface area contributed by atoms with Gasteiger partial charge in [0.2, 0.25) is 0 Å². The van der Waals surface area contributed by atoms with Crippen molar-refractivity contribution in [1.82, 2.24) is 5.32 Å². The molecule has 0 spiro atoms. The smallest absolute Gasteiger partial charge is 0.254 e. The molecule has 0 aliphatic carbocycles. The number of carbonyl (C=O) groups excluding carboxylic acids is 1. The molecule has 1 aromatic rings. The van der Waals surface area contributed by atoms with Crippen molar-refractivity contribution in [2.24, 2.45) is 0 Å². The number of halogens is 3. The van der Waals surface area contributed by atoms with E-state index in [0.717, 1.165) is 6.07 Å². The Bertz CT molecular complexity index is 406. The zero-order valence-electron chi connectivity index (χ0n) is 7.69. The minimum Gasteiger partial charge on any atom is -0.347 e. The van der Waals surface area contributed by atoms with Crippen LogP contribution in [-0.4, -0.2) is 12.5 Å². The fourth-order valence-corrected chi connectivity index (χ4v) is 1.18. The van der Waals surface area contributed by atoms with Gasteiger partial charge in [0.1, 0.15) is 5.82 Å². The minimum atomic E-state index is -0.628. The summed E-state index contributed by atoms with van der Waals surface area (Å²) in [5.41, 5.74) is -0.111. The number of rotatable bonds is 3. The maximum atomic E-state index is 13.2. The average Bonchev–Trinajstić information content (AvgIpc) is 2.18. The second kappa shape index (κ2) is 5.14. The highest BCUT2D eigenvalue weighted by Gasteiger charge is 2.11. The van der Waals surface area contributed by atoms with Crippen LogP contribution in [0, 0.1) is 5.82 Å². The van der Waals surface area contributed by atoms with Crippen LogP contribution in [0.5, 0.6) is 0 Å². The maximum absolute atomic E-state index is 13.2. The van der Waals surface area contributed by atoms with Crippen LogP contribution in [0.4, 0.5) is 4.39 Å². The van der Waals surface area contributed by atoms with Crippen LogP contribution in [0.15, 0.2) is 29.8 Å². The molecule has 0 aliphatic heterocycles. The summed E-state index contributed by atoms with van der Waals surface area (Å²) in [7, 11) is 0. The van der Waals surface area contributed by atoms with Gasteiger partial charge in [0.25, 0.3) is 5.91 Å². The first-order valence-corrected chi connectivity index (χ1v) is 4.83. The van der Waals surface area contributed by atoms with Crippen LogP contribution >= 0.6 is 23.2 Å². The van der Waals surface area contributed by atoms with E-state index in [1.54, 1.807) is 0 Å². The average molecular weight is 248 g/mol. The molecule has 0 aromatic heterocycles. The van der Waals surface area contributed by atoms with Crippen molar-refractivity contribution in [3.63, 3.8) is 0 Å². The van der Waals surface area contributed by atoms with Gasteiger partial charge in [-0.3, -0.25) is 4.79 Å². The van der Waals surface area contributed by atoms with Crippen LogP contribution in [0.2, 0.25) is 5.02 Å². The van der Waals surface area contributed by atoms with Crippen molar-refractivity contribution in [2.45, 2.75) is 0 Å². The van der Waals surface area contributed by atoms with Gasteiger partial charge in [0, 0.05) is 10.1 Å². The van der Waals surface area contributed by atoms with Gasteiger partial charge in [0.05, 0.1) is 12.1 Å². The van der Waals surface area contributed by atoms with Gasteiger partial charge in [-0.1, -0.05) is 29.8 Å². The van der Waals surface area contributed by atoms with Crippen LogP contribution in [0.1, 0.15) is 10.4 Å². The molecule has 1 aromatic carbocycles. The molecule has 0 fully saturated rings. The second-order valence-corrected chi connectivity index (χ2v) is 3.80. The molecule has 0 aliphatic rings. The molecule has 15 heavy (non-hydrogen) atoms. The third-order valence-corrected chi connectivity index (χ3v) is 1.98. The van der Waals surface area contributed by atoms with Gasteiger partial charge in [-0.05, 0) is 18.2 Å². The molecule has 0 saturated carbocycles. The van der Waals surface area contributed by atoms with Crippen molar-refractivity contribution in [1.29, 1.82) is 0 Å². The number of carbonyl (C=O) groups is 1. The number of amides is 1. The lowest BCUT2D eigenvalue weighted by molar-refractivity contribution is 0.0953. The molecule has 1 N–H and O–H groups in total. The van der Waals surface area contributed by atoms with E-state index in [9.17, 15) is 9.18 Å². The number of nitrogens with one attached hydrogen (secondary N) is 1. The van der Waals surface area contributed by atoms with Crippen molar-refractivity contribution in [3.05, 3.63) is 46.2 Å². The van der Waals surface area contributed by atoms with Crippen molar-refractivity contribution >= 4 is 29.1 Å². The second-order valence-electron chi connectivity index (χ2n) is 2.82. The molecule has 0 atom stereocenters. The molecule has 1 amide bonds. The predicted molar refractivity (Wildman–Crippen MR) is 58.7 cm³/mol. The van der Waals surface area contributed by atoms with Gasteiger partial charge in [-0.15, -0.1) is 0 Å². The lowest BCUT2D eigenvalue weighted by Crippen LogP contribution is -2.25. The SMILES string of the molecule is C=C(Cl)CNC(=O)c1cc(Cl)ccc1F. The molecule has 0 saturated heterocycles. The van der Waals surface area contributed by atoms with Crippen LogP contribution in [-0.2, 0) is 0 Å². The van der Waals surface area contributed by atoms with Gasteiger partial charge >= 0.3 is 0 Å². The van der Waals surface area contributed by atoms with Crippen LogP contribution in [0.3, 0.4) is 0 Å². The molecule has 0 heterocycles. The third kappa shape index (κ3) is 3.53. The zero-order chi connectivity index (χ0) is 11.4. The maximum Gasteiger partial charge on any atom is 0.254 e. The monoisotopic (exact) mass is 247 g/mol. The van der Waals surface area contributed by atoms with Crippen molar-refractivity contribution in [2.75, 3.05) is 6.54 Å². The Morgan fingerprint density at radius 2 is 2.20 bits per heavy atom. The summed E-state index contributed by atoms with van der Waals surface area (Å²) in [6.45, 7) is 3.48. The number of benzene rings is 1. The molecule has 0 bridgehead atoms. The van der Waals surface area contributed by atoms with Crippen molar-refractivity contribution in [3.8, 4) is 0 Å². The summed E-state index contributed by atoms with van der Waals surface area (Å²) in [6, 6.07) is 3.75. The molecule has 0 radical (unpaired) electrons. The van der Waals surface area contributed by atoms with E-state index in [-0.39, 0.29) is 17.1 Å². The number of hydrogen-bond acceptors (Lipinski definition) is 1. The molecule has 5 heteroatoms. The normalized spacial score (nSPS) is 9.80. The Morgan fingerprint density at radius 3 is 2.80 bits per heavy atom. The fraction of sp³-hybridized carbons (Fsp3) is 0.100. The van der Waals surface area contributed by atoms with E-state index < -0.39 is 11.7 Å². The van der Waals surface area contributed by atoms with Crippen LogP contribution in [0.25, 0.3) is 0 Å². The molecule has 2 nitrogen and oxygen atoms in total. The van der Waals surface area contributed by atoms with Gasteiger partial charge in [-0.25, -0.2) is 4.39 Å². The first-order valence-electron chi connectivity index (χ1n) is 4.07. The van der Waals surface area contributed by atoms with E-state index in [4.69, 9.17) is 23.2 Å². The summed E-state index contributed by atoms with van der Waals surface area (Å²) >= 11 is 11.1. The highest BCUT2D eigenvalue weighted by Crippen LogP contribution is 2.14. The molecule has 80 valence electrons. The highest BCUT2D eigenvalue weighted by molar-refractivity contribution is 6.31. The summed E-state index contributed by atoms with van der Waals surface area (Å²) in [5.74, 6) is -1.20. The van der Waals surface area contributed by atoms with Crippen molar-refractivity contribution < 1.29 is 9.18 Å². The Morgan fingerprint density at radius 1 is 1.53 bits per heavy atom. The first-order chi connectivity index (χ1) is 7.00. The van der Waals surface area contributed by atoms with E-state index >= 15 is 0 Å². The summed E-state index contributed by atoms with van der Waals surface area (Å²) < 4.78 is 13.2. The highest BCUT2D eigenvalue weighted by atomic mass is 35.5. The number of hydrogen-bond donors (Lipinski definition) is 1. The van der Waals surface area contributed by atoms with Crippen LogP contribution < -0.4 is 5.32 Å². The standard InChI is InChI=1S/C10H8Cl2FNO/c1-6(11)5-14-10(15)8-4-7(12)2-3-9(8)13/h2-4H,1,5H2,(H,14,15). The zero-order valence-corrected chi connectivity index (χ0v) is 9.20. The van der Waals surface area contributed by atoms with Gasteiger partial charge < -0.3 is 5.32 Å². The third-order valence-electron chi connectivity index (χ3n) is 1.61. The predicted octanol–water partition coefficient (Wildman–Crippen LogP) is 2.96. The Labute approximate surface area is 96.7 Å². The Hall–Kier alpha value is -1.06. The molecule has 0 unspecified atom stereocenters. The summed E-state index contributed by atoms with van der Waals surface area (Å²) in [5, 5.41) is 2.96. The Balaban J connectivity index is 2.81. The van der Waals surface area contributed by atoms with E-state index in [2.05, 4.69) is 11.9 Å². The summed E-state index contributed by atoms with van der Waals surface area (Å²) in [6.07, 6.45) is 0. The summed E-state index contributed by atoms with van der Waals surface area (Å²) in [4.78, 5) is 11.4. The Kier molecular flexibility index (Phi) is 4.12. The topological polar surface area (TPSA) is 29.1 Å². The quantitative estimate of drug-likeness (QED) is 0.875. The van der Waals surface area contributed by atoms with E-state index in [0.29, 0.717) is 5.02 Å². The molecular weight excluding hydrogens is 240 g/mol. The van der Waals surface area contributed by atoms with Gasteiger partial charge in [0.15, 0.2) is 0 Å². The minimum absolute atomic E-state index is 0.0896. The first kappa shape index (κ1) is 12.0.